The molecule has 0 atom stereocenters. The third-order valence-electron chi connectivity index (χ3n) is 4.50. The minimum Gasteiger partial charge on any atom is -0.502 e. The normalized spacial score (nSPS) is 11.0. The fraction of sp³-hybridized carbons (Fsp3) is 0.391. The molecule has 156 valence electrons. The average Bonchev–Trinajstić information content (AvgIpc) is 2.72. The summed E-state index contributed by atoms with van der Waals surface area (Å²) in [6.07, 6.45) is 12.7. The van der Waals surface area contributed by atoms with Gasteiger partial charge in [0.2, 0.25) is 5.75 Å². The Kier molecular flexibility index (Phi) is 9.57. The molecule has 29 heavy (non-hydrogen) atoms. The largest absolute Gasteiger partial charge is 0.502 e. The van der Waals surface area contributed by atoms with Gasteiger partial charge in [-0.3, -0.25) is 4.79 Å². The zero-order valence-corrected chi connectivity index (χ0v) is 18.2. The molecule has 0 unspecified atom stereocenters. The number of aromatic hydroxyl groups is 1. The highest BCUT2D eigenvalue weighted by Gasteiger charge is 2.10. The van der Waals surface area contributed by atoms with Crippen LogP contribution in [-0.4, -0.2) is 30.2 Å². The molecule has 0 spiro atoms. The summed E-state index contributed by atoms with van der Waals surface area (Å²) in [6, 6.07) is 7.70. The lowest BCUT2D eigenvalue weighted by Crippen LogP contribution is -2.32. The Hall–Kier alpha value is -2.47. The number of aryl methyl sites for hydroxylation is 1. The van der Waals surface area contributed by atoms with Gasteiger partial charge in [-0.1, -0.05) is 30.3 Å². The third-order valence-corrected chi connectivity index (χ3v) is 5.40. The van der Waals surface area contributed by atoms with Crippen LogP contribution >= 0.6 is 11.8 Å². The van der Waals surface area contributed by atoms with Gasteiger partial charge >= 0.3 is 0 Å². The lowest BCUT2D eigenvalue weighted by Gasteiger charge is -2.09. The smallest absolute Gasteiger partial charge is 0.200 e. The van der Waals surface area contributed by atoms with Gasteiger partial charge in [-0.05, 0) is 36.1 Å². The second kappa shape index (κ2) is 12.2. The molecule has 0 aliphatic carbocycles. The van der Waals surface area contributed by atoms with Gasteiger partial charge < -0.3 is 14.6 Å². The molecule has 5 nitrogen and oxygen atoms in total. The fourth-order valence-electron chi connectivity index (χ4n) is 2.90. The van der Waals surface area contributed by atoms with Gasteiger partial charge in [-0.25, -0.2) is 4.57 Å². The van der Waals surface area contributed by atoms with E-state index in [0.717, 1.165) is 36.3 Å². The van der Waals surface area contributed by atoms with Crippen LogP contribution < -0.4 is 14.0 Å². The van der Waals surface area contributed by atoms with E-state index >= 15 is 0 Å². The molecule has 0 aliphatic heterocycles. The quantitative estimate of drug-likeness (QED) is 0.425. The summed E-state index contributed by atoms with van der Waals surface area (Å²) in [7, 11) is 3.03. The summed E-state index contributed by atoms with van der Waals surface area (Å²) in [5.74, 6) is 1.71. The number of phenolic OH excluding ortho intramolecular Hbond substituents is 1. The van der Waals surface area contributed by atoms with E-state index in [9.17, 15) is 9.90 Å². The number of unbranched alkanes of at least 4 members (excludes halogenated alkanes) is 3. The lowest BCUT2D eigenvalue weighted by molar-refractivity contribution is -0.697. The van der Waals surface area contributed by atoms with Crippen molar-refractivity contribution in [2.24, 2.45) is 0 Å². The number of methoxy groups -OCH3 is 2. The van der Waals surface area contributed by atoms with Gasteiger partial charge in [-0.2, -0.15) is 0 Å². The molecular weight excluding hydrogens is 386 g/mol. The topological polar surface area (TPSA) is 59.6 Å². The van der Waals surface area contributed by atoms with Crippen molar-refractivity contribution in [3.05, 3.63) is 47.8 Å². The second-order valence-electron chi connectivity index (χ2n) is 6.73. The third kappa shape index (κ3) is 7.81. The Morgan fingerprint density at radius 2 is 1.59 bits per heavy atom. The summed E-state index contributed by atoms with van der Waals surface area (Å²) in [6.45, 7) is 2.62. The van der Waals surface area contributed by atoms with Crippen LogP contribution in [0.1, 0.15) is 43.7 Å². The van der Waals surface area contributed by atoms with Gasteiger partial charge in [0.1, 0.15) is 6.54 Å². The van der Waals surface area contributed by atoms with Crippen LogP contribution in [0.15, 0.2) is 36.7 Å². The van der Waals surface area contributed by atoms with E-state index in [0.29, 0.717) is 11.5 Å². The molecule has 0 saturated heterocycles. The number of carbonyl (C=O) groups is 1. The highest BCUT2D eigenvalue weighted by molar-refractivity contribution is 8.13. The Morgan fingerprint density at radius 1 is 1.00 bits per heavy atom. The maximum absolute atomic E-state index is 10.9. The van der Waals surface area contributed by atoms with Crippen molar-refractivity contribution < 1.29 is 23.9 Å². The van der Waals surface area contributed by atoms with Crippen LogP contribution in [0, 0.1) is 0 Å². The van der Waals surface area contributed by atoms with Crippen molar-refractivity contribution >= 4 is 29.0 Å². The molecule has 6 heteroatoms. The molecule has 1 N–H and O–H groups in total. The first kappa shape index (κ1) is 22.8. The van der Waals surface area contributed by atoms with E-state index < -0.39 is 0 Å². The Morgan fingerprint density at radius 3 is 2.17 bits per heavy atom. The van der Waals surface area contributed by atoms with Gasteiger partial charge in [0.05, 0.1) is 14.2 Å². The molecule has 1 aromatic carbocycles. The van der Waals surface area contributed by atoms with E-state index in [-0.39, 0.29) is 10.9 Å². The number of ether oxygens (including phenoxy) is 2. The van der Waals surface area contributed by atoms with Gasteiger partial charge in [0.15, 0.2) is 29.0 Å². The molecule has 0 aliphatic rings. The van der Waals surface area contributed by atoms with Crippen molar-refractivity contribution in [2.45, 2.75) is 39.2 Å². The Labute approximate surface area is 177 Å². The first-order valence-electron chi connectivity index (χ1n) is 9.79. The molecule has 0 amide bonds. The summed E-state index contributed by atoms with van der Waals surface area (Å²) < 4.78 is 12.6. The van der Waals surface area contributed by atoms with Gasteiger partial charge in [-0.15, -0.1) is 0 Å². The predicted molar refractivity (Wildman–Crippen MR) is 118 cm³/mol. The van der Waals surface area contributed by atoms with Crippen LogP contribution in [0.4, 0.5) is 0 Å². The summed E-state index contributed by atoms with van der Waals surface area (Å²) in [5, 5.41) is 10.2. The van der Waals surface area contributed by atoms with Crippen molar-refractivity contribution in [1.82, 2.24) is 0 Å². The standard InChI is InChI=1S/C23H29NO4S/c1-18(25)29-15-7-5-4-6-12-24-13-10-19(11-14-24)8-9-20-16-21(27-2)23(26)22(17-20)28-3/h8-11,13-14,16-17H,4-7,12,15H2,1-3H3/p+1. The van der Waals surface area contributed by atoms with E-state index in [4.69, 9.17) is 9.47 Å². The second-order valence-corrected chi connectivity index (χ2v) is 8.00. The maximum Gasteiger partial charge on any atom is 0.200 e. The SMILES string of the molecule is COc1cc(/C=C/c2cc[n+](CCCCCCSC(C)=O)cc2)cc(OC)c1O. The van der Waals surface area contributed by atoms with Crippen LogP contribution in [0.25, 0.3) is 12.2 Å². The highest BCUT2D eigenvalue weighted by atomic mass is 32.2. The van der Waals surface area contributed by atoms with E-state index in [1.54, 1.807) is 19.1 Å². The average molecular weight is 417 g/mol. The number of carbonyl (C=O) groups excluding carboxylic acids is 1. The summed E-state index contributed by atoms with van der Waals surface area (Å²) in [5.41, 5.74) is 1.98. The van der Waals surface area contributed by atoms with Gasteiger partial charge in [0.25, 0.3) is 0 Å². The molecule has 0 bridgehead atoms. The van der Waals surface area contributed by atoms with E-state index in [2.05, 4.69) is 29.1 Å². The number of hydrogen-bond donors (Lipinski definition) is 1. The van der Waals surface area contributed by atoms with E-state index in [1.807, 2.05) is 12.2 Å². The molecule has 2 aromatic rings. The number of thioether (sulfide) groups is 1. The molecular formula is C23H30NO4S+. The maximum atomic E-state index is 10.9. The molecule has 0 saturated carbocycles. The molecule has 2 rings (SSSR count). The monoisotopic (exact) mass is 416 g/mol. The number of nitrogens with zero attached hydrogens (tertiary/aromatic N) is 1. The molecule has 0 fully saturated rings. The highest BCUT2D eigenvalue weighted by Crippen LogP contribution is 2.37. The number of aromatic nitrogens is 1. The van der Waals surface area contributed by atoms with Crippen molar-refractivity contribution in [2.75, 3.05) is 20.0 Å². The van der Waals surface area contributed by atoms with Crippen molar-refractivity contribution in [3.8, 4) is 17.2 Å². The van der Waals surface area contributed by atoms with Gasteiger partial charge in [0, 0.05) is 31.2 Å². The van der Waals surface area contributed by atoms with E-state index in [1.165, 1.54) is 38.8 Å². The number of pyridine rings is 1. The van der Waals surface area contributed by atoms with Crippen LogP contribution in [0.2, 0.25) is 0 Å². The zero-order valence-electron chi connectivity index (χ0n) is 17.4. The van der Waals surface area contributed by atoms with Crippen molar-refractivity contribution in [1.29, 1.82) is 0 Å². The van der Waals surface area contributed by atoms with Crippen molar-refractivity contribution in [3.63, 3.8) is 0 Å². The van der Waals surface area contributed by atoms with Crippen LogP contribution in [-0.2, 0) is 11.3 Å². The predicted octanol–water partition coefficient (Wildman–Crippen LogP) is 4.71. The molecule has 1 heterocycles. The minimum absolute atomic E-state index is 0.00510. The minimum atomic E-state index is 0.00510. The number of rotatable bonds is 11. The number of hydrogen-bond acceptors (Lipinski definition) is 5. The summed E-state index contributed by atoms with van der Waals surface area (Å²) >= 11 is 1.42. The fourth-order valence-corrected chi connectivity index (χ4v) is 3.53. The first-order valence-corrected chi connectivity index (χ1v) is 10.8. The zero-order chi connectivity index (χ0) is 21.1. The lowest BCUT2D eigenvalue weighted by atomic mass is 10.1. The van der Waals surface area contributed by atoms with Crippen LogP contribution in [0.3, 0.4) is 0 Å². The number of benzene rings is 1. The van der Waals surface area contributed by atoms with Crippen LogP contribution in [0.5, 0.6) is 17.2 Å². The molecule has 0 radical (unpaired) electrons. The Balaban J connectivity index is 1.84. The summed E-state index contributed by atoms with van der Waals surface area (Å²) in [4.78, 5) is 10.9. The molecule has 1 aromatic heterocycles. The number of phenols is 1. The Bertz CT molecular complexity index is 793. The first-order chi connectivity index (χ1) is 14.0.